The van der Waals surface area contributed by atoms with Gasteiger partial charge in [-0.05, 0) is 45.2 Å². The molecule has 1 aromatic carbocycles. The normalized spacial score (nSPS) is 19.8. The number of rotatable bonds is 4. The number of anilines is 1. The number of ether oxygens (including phenoxy) is 2. The topological polar surface area (TPSA) is 128 Å². The van der Waals surface area contributed by atoms with Gasteiger partial charge < -0.3 is 19.3 Å². The number of non-ortho nitro benzene ring substituents is 1. The van der Waals surface area contributed by atoms with E-state index in [1.165, 1.54) is 30.6 Å². The van der Waals surface area contributed by atoms with Crippen molar-refractivity contribution < 1.29 is 24.0 Å². The van der Waals surface area contributed by atoms with Gasteiger partial charge in [0.2, 0.25) is 0 Å². The summed E-state index contributed by atoms with van der Waals surface area (Å²) in [4.78, 5) is 48.2. The standard InChI is InChI=1S/C24H29N5O6/c1-15-13-18(34-22(30)16-5-7-17(8-6-16)29(32)33)20-19(15)21(26-14-25-20)27-9-11-28(12-10-27)23(31)35-24(2,3)4/h5-8,14-15,18H,9-13H2,1-4H3. The first-order valence-electron chi connectivity index (χ1n) is 11.6. The van der Waals surface area contributed by atoms with E-state index in [9.17, 15) is 19.7 Å². The zero-order chi connectivity index (χ0) is 25.3. The van der Waals surface area contributed by atoms with Crippen LogP contribution in [0, 0.1) is 10.1 Å². The van der Waals surface area contributed by atoms with Crippen molar-refractivity contribution in [3.8, 4) is 0 Å². The molecule has 0 bridgehead atoms. The molecule has 2 aliphatic rings. The molecule has 35 heavy (non-hydrogen) atoms. The quantitative estimate of drug-likeness (QED) is 0.362. The SMILES string of the molecule is CC1CC(OC(=O)c2ccc([N+](=O)[O-])cc2)c2ncnc(N3CCN(C(=O)OC(C)(C)C)CC3)c21. The van der Waals surface area contributed by atoms with Crippen LogP contribution in [0.5, 0.6) is 0 Å². The maximum Gasteiger partial charge on any atom is 0.410 e. The van der Waals surface area contributed by atoms with E-state index in [4.69, 9.17) is 9.47 Å². The third kappa shape index (κ3) is 5.33. The Balaban J connectivity index is 1.45. The Labute approximate surface area is 203 Å². The van der Waals surface area contributed by atoms with Crippen LogP contribution in [0.4, 0.5) is 16.3 Å². The fraction of sp³-hybridized carbons (Fsp3) is 0.500. The molecule has 4 rings (SSSR count). The van der Waals surface area contributed by atoms with Gasteiger partial charge in [0, 0.05) is 43.9 Å². The number of hydrogen-bond acceptors (Lipinski definition) is 9. The minimum Gasteiger partial charge on any atom is -0.452 e. The number of hydrogen-bond donors (Lipinski definition) is 0. The van der Waals surface area contributed by atoms with Crippen molar-refractivity contribution in [3.05, 3.63) is 57.5 Å². The first kappa shape index (κ1) is 24.4. The van der Waals surface area contributed by atoms with Gasteiger partial charge in [-0.1, -0.05) is 6.92 Å². The molecule has 11 nitrogen and oxygen atoms in total. The van der Waals surface area contributed by atoms with Crippen molar-refractivity contribution in [2.75, 3.05) is 31.1 Å². The summed E-state index contributed by atoms with van der Waals surface area (Å²) in [5.41, 5.74) is 1.22. The molecule has 1 fully saturated rings. The molecule has 1 aliphatic heterocycles. The van der Waals surface area contributed by atoms with Crippen LogP contribution in [0.2, 0.25) is 0 Å². The van der Waals surface area contributed by atoms with Gasteiger partial charge in [-0.3, -0.25) is 10.1 Å². The molecule has 0 spiro atoms. The van der Waals surface area contributed by atoms with E-state index < -0.39 is 22.6 Å². The highest BCUT2D eigenvalue weighted by atomic mass is 16.6. The van der Waals surface area contributed by atoms with Crippen molar-refractivity contribution in [2.24, 2.45) is 0 Å². The van der Waals surface area contributed by atoms with Gasteiger partial charge in [0.05, 0.1) is 16.2 Å². The lowest BCUT2D eigenvalue weighted by Gasteiger charge is -2.37. The molecule has 2 heterocycles. The van der Waals surface area contributed by atoms with Crippen LogP contribution in [0.3, 0.4) is 0 Å². The number of nitro benzene ring substituents is 1. The highest BCUT2D eigenvalue weighted by molar-refractivity contribution is 5.89. The number of nitrogens with zero attached hydrogens (tertiary/aromatic N) is 5. The Hall–Kier alpha value is -3.76. The summed E-state index contributed by atoms with van der Waals surface area (Å²) in [6.07, 6.45) is 1.18. The largest absolute Gasteiger partial charge is 0.452 e. The Morgan fingerprint density at radius 1 is 1.09 bits per heavy atom. The van der Waals surface area contributed by atoms with E-state index in [0.717, 1.165) is 11.4 Å². The fourth-order valence-electron chi connectivity index (χ4n) is 4.38. The molecule has 2 aromatic rings. The van der Waals surface area contributed by atoms with Crippen LogP contribution in [0.25, 0.3) is 0 Å². The number of carbonyl (C=O) groups is 2. The van der Waals surface area contributed by atoms with E-state index in [1.54, 1.807) is 4.90 Å². The molecule has 0 radical (unpaired) electrons. The minimum absolute atomic E-state index is 0.0692. The van der Waals surface area contributed by atoms with Gasteiger partial charge in [-0.15, -0.1) is 0 Å². The first-order chi connectivity index (χ1) is 16.5. The average molecular weight is 484 g/mol. The van der Waals surface area contributed by atoms with E-state index in [-0.39, 0.29) is 23.3 Å². The van der Waals surface area contributed by atoms with Crippen molar-refractivity contribution in [3.63, 3.8) is 0 Å². The van der Waals surface area contributed by atoms with Crippen LogP contribution in [-0.2, 0) is 9.47 Å². The smallest absolute Gasteiger partial charge is 0.410 e. The van der Waals surface area contributed by atoms with Crippen molar-refractivity contribution in [1.29, 1.82) is 0 Å². The fourth-order valence-corrected chi connectivity index (χ4v) is 4.38. The molecule has 1 saturated heterocycles. The van der Waals surface area contributed by atoms with Crippen LogP contribution < -0.4 is 4.90 Å². The second-order valence-electron chi connectivity index (χ2n) is 9.79. The number of amides is 1. The zero-order valence-electron chi connectivity index (χ0n) is 20.3. The van der Waals surface area contributed by atoms with E-state index in [2.05, 4.69) is 14.9 Å². The number of nitro groups is 1. The summed E-state index contributed by atoms with van der Waals surface area (Å²) in [6, 6.07) is 5.32. The van der Waals surface area contributed by atoms with Crippen molar-refractivity contribution >= 4 is 23.6 Å². The molecule has 1 aromatic heterocycles. The number of fused-ring (bicyclic) bond motifs is 1. The lowest BCUT2D eigenvalue weighted by molar-refractivity contribution is -0.384. The summed E-state index contributed by atoms with van der Waals surface area (Å²) >= 11 is 0. The highest BCUT2D eigenvalue weighted by Gasteiger charge is 2.37. The molecule has 11 heteroatoms. The zero-order valence-corrected chi connectivity index (χ0v) is 20.3. The van der Waals surface area contributed by atoms with Crippen LogP contribution >= 0.6 is 0 Å². The maximum atomic E-state index is 12.7. The molecular weight excluding hydrogens is 454 g/mol. The second-order valence-corrected chi connectivity index (χ2v) is 9.79. The van der Waals surface area contributed by atoms with Gasteiger partial charge in [0.1, 0.15) is 23.9 Å². The Morgan fingerprint density at radius 2 is 1.74 bits per heavy atom. The van der Waals surface area contributed by atoms with Crippen molar-refractivity contribution in [2.45, 2.75) is 51.7 Å². The van der Waals surface area contributed by atoms with E-state index in [0.29, 0.717) is 38.3 Å². The lowest BCUT2D eigenvalue weighted by Crippen LogP contribution is -2.50. The lowest BCUT2D eigenvalue weighted by atomic mass is 10.1. The molecular formula is C24H29N5O6. The predicted molar refractivity (Wildman–Crippen MR) is 126 cm³/mol. The number of benzene rings is 1. The first-order valence-corrected chi connectivity index (χ1v) is 11.6. The van der Waals surface area contributed by atoms with Gasteiger partial charge >= 0.3 is 12.1 Å². The highest BCUT2D eigenvalue weighted by Crippen LogP contribution is 2.45. The van der Waals surface area contributed by atoms with E-state index in [1.807, 2.05) is 27.7 Å². The third-order valence-electron chi connectivity index (χ3n) is 6.05. The molecule has 2 unspecified atom stereocenters. The molecule has 0 N–H and O–H groups in total. The predicted octanol–water partition coefficient (Wildman–Crippen LogP) is 3.85. The molecule has 2 atom stereocenters. The Kier molecular flexibility index (Phi) is 6.60. The van der Waals surface area contributed by atoms with Gasteiger partial charge in [-0.2, -0.15) is 0 Å². The van der Waals surface area contributed by atoms with Gasteiger partial charge in [0.25, 0.3) is 5.69 Å². The Bertz CT molecular complexity index is 1120. The van der Waals surface area contributed by atoms with Crippen LogP contribution in [-0.4, -0.2) is 63.6 Å². The monoisotopic (exact) mass is 483 g/mol. The second kappa shape index (κ2) is 9.47. The number of carbonyl (C=O) groups excluding carboxylic acids is 2. The summed E-state index contributed by atoms with van der Waals surface area (Å²) in [5.74, 6) is 0.302. The summed E-state index contributed by atoms with van der Waals surface area (Å²) < 4.78 is 11.2. The average Bonchev–Trinajstić information content (AvgIpc) is 3.13. The summed E-state index contributed by atoms with van der Waals surface area (Å²) in [6.45, 7) is 9.81. The van der Waals surface area contributed by atoms with Crippen LogP contribution in [0.15, 0.2) is 30.6 Å². The maximum absolute atomic E-state index is 12.7. The number of piperazine rings is 1. The number of aromatic nitrogens is 2. The van der Waals surface area contributed by atoms with Crippen LogP contribution in [0.1, 0.15) is 67.8 Å². The van der Waals surface area contributed by atoms with Gasteiger partial charge in [0.15, 0.2) is 0 Å². The molecule has 1 amide bonds. The van der Waals surface area contributed by atoms with Gasteiger partial charge in [-0.25, -0.2) is 19.6 Å². The summed E-state index contributed by atoms with van der Waals surface area (Å²) in [7, 11) is 0. The minimum atomic E-state index is -0.559. The van der Waals surface area contributed by atoms with E-state index >= 15 is 0 Å². The molecule has 0 saturated carbocycles. The Morgan fingerprint density at radius 3 is 2.34 bits per heavy atom. The summed E-state index contributed by atoms with van der Waals surface area (Å²) in [5, 5.41) is 10.8. The molecule has 186 valence electrons. The third-order valence-corrected chi connectivity index (χ3v) is 6.05. The molecule has 1 aliphatic carbocycles. The van der Waals surface area contributed by atoms with Crippen molar-refractivity contribution in [1.82, 2.24) is 14.9 Å². The number of esters is 1.